The molecule has 34 heavy (non-hydrogen) atoms. The summed E-state index contributed by atoms with van der Waals surface area (Å²) in [6.07, 6.45) is 1.05. The Labute approximate surface area is 201 Å². The number of pyridine rings is 1. The lowest BCUT2D eigenvalue weighted by atomic mass is 10.1. The average molecular weight is 506 g/mol. The van der Waals surface area contributed by atoms with E-state index in [-0.39, 0.29) is 50.7 Å². The van der Waals surface area contributed by atoms with E-state index < -0.39 is 37.2 Å². The minimum Gasteiger partial charge on any atom is -0.379 e. The maximum Gasteiger partial charge on any atom is 0.270 e. The van der Waals surface area contributed by atoms with Crippen molar-refractivity contribution in [2.45, 2.75) is 35.9 Å². The van der Waals surface area contributed by atoms with Gasteiger partial charge in [-0.05, 0) is 42.7 Å². The first-order valence-corrected chi connectivity index (χ1v) is 13.0. The number of nitrogens with one attached hydrogen (secondary N) is 1. The summed E-state index contributed by atoms with van der Waals surface area (Å²) in [5.41, 5.74) is 0.398. The largest absolute Gasteiger partial charge is 0.379 e. The number of sulfone groups is 1. The van der Waals surface area contributed by atoms with Gasteiger partial charge in [-0.15, -0.1) is 0 Å². The first-order valence-electron chi connectivity index (χ1n) is 11.1. The van der Waals surface area contributed by atoms with Crippen LogP contribution in [0.5, 0.6) is 0 Å². The Kier molecular flexibility index (Phi) is 5.78. The van der Waals surface area contributed by atoms with E-state index in [1.807, 2.05) is 0 Å². The van der Waals surface area contributed by atoms with Crippen molar-refractivity contribution < 1.29 is 22.7 Å². The van der Waals surface area contributed by atoms with Gasteiger partial charge in [0.15, 0.2) is 9.84 Å². The number of halogens is 1. The van der Waals surface area contributed by atoms with E-state index in [9.17, 15) is 22.8 Å². The van der Waals surface area contributed by atoms with Crippen molar-refractivity contribution in [3.05, 3.63) is 68.6 Å². The lowest BCUT2D eigenvalue weighted by molar-refractivity contribution is 0.0407. The Balaban J connectivity index is 1.30. The second-order valence-corrected chi connectivity index (χ2v) is 12.1. The maximum atomic E-state index is 13.1. The molecule has 2 aromatic rings. The molecule has 2 aliphatic heterocycles. The molecule has 1 N–H and O–H groups in total. The number of carbonyl (C=O) groups excluding carboxylic acids is 2. The predicted molar refractivity (Wildman–Crippen MR) is 125 cm³/mol. The highest BCUT2D eigenvalue weighted by molar-refractivity contribution is 7.93. The molecule has 3 aliphatic rings. The minimum absolute atomic E-state index is 0.0508. The van der Waals surface area contributed by atoms with Gasteiger partial charge in [0.1, 0.15) is 16.5 Å². The van der Waals surface area contributed by atoms with Crippen LogP contribution in [0.25, 0.3) is 0 Å². The molecule has 5 rings (SSSR count). The number of hydrogen-bond acceptors (Lipinski definition) is 6. The summed E-state index contributed by atoms with van der Waals surface area (Å²) in [6, 6.07) is 9.79. The third-order valence-electron chi connectivity index (χ3n) is 6.82. The quantitative estimate of drug-likeness (QED) is 0.605. The fourth-order valence-corrected chi connectivity index (χ4v) is 6.83. The van der Waals surface area contributed by atoms with Crippen molar-refractivity contribution in [3.8, 4) is 0 Å². The van der Waals surface area contributed by atoms with Crippen LogP contribution in [0.4, 0.5) is 0 Å². The molecule has 0 spiro atoms. The van der Waals surface area contributed by atoms with Gasteiger partial charge in [0.05, 0.1) is 18.0 Å². The van der Waals surface area contributed by atoms with Crippen molar-refractivity contribution in [1.29, 1.82) is 0 Å². The molecule has 0 unspecified atom stereocenters. The van der Waals surface area contributed by atoms with Crippen molar-refractivity contribution in [1.82, 2.24) is 14.8 Å². The molecule has 1 aliphatic carbocycles. The molecule has 2 amide bonds. The fraction of sp³-hybridized carbons (Fsp3) is 0.435. The van der Waals surface area contributed by atoms with Gasteiger partial charge >= 0.3 is 0 Å². The molecule has 9 nitrogen and oxygen atoms in total. The van der Waals surface area contributed by atoms with Crippen LogP contribution < -0.4 is 10.9 Å². The molecule has 0 atom stereocenters. The number of hydrogen-bond donors (Lipinski definition) is 1. The summed E-state index contributed by atoms with van der Waals surface area (Å²) in [7, 11) is -3.40. The van der Waals surface area contributed by atoms with Gasteiger partial charge in [-0.2, -0.15) is 0 Å². The molecule has 0 radical (unpaired) electrons. The fourth-order valence-electron chi connectivity index (χ4n) is 4.44. The van der Waals surface area contributed by atoms with Crippen LogP contribution in [-0.2, 0) is 27.7 Å². The molecule has 1 saturated carbocycles. The lowest BCUT2D eigenvalue weighted by Gasteiger charge is -2.35. The van der Waals surface area contributed by atoms with Crippen molar-refractivity contribution in [2.24, 2.45) is 0 Å². The highest BCUT2D eigenvalue weighted by Crippen LogP contribution is 2.47. The Morgan fingerprint density at radius 1 is 1.09 bits per heavy atom. The Morgan fingerprint density at radius 2 is 1.79 bits per heavy atom. The number of ether oxygens (including phenoxy) is 1. The average Bonchev–Trinajstić information content (AvgIpc) is 3.55. The van der Waals surface area contributed by atoms with E-state index in [2.05, 4.69) is 5.32 Å². The first-order chi connectivity index (χ1) is 16.2. The predicted octanol–water partition coefficient (Wildman–Crippen LogP) is 1.23. The molecular formula is C23H24ClN3O6S. The van der Waals surface area contributed by atoms with E-state index >= 15 is 0 Å². The van der Waals surface area contributed by atoms with Gasteiger partial charge in [0.25, 0.3) is 17.4 Å². The number of rotatable bonds is 7. The lowest BCUT2D eigenvalue weighted by Crippen LogP contribution is -2.53. The minimum atomic E-state index is -3.40. The molecule has 1 aromatic carbocycles. The van der Waals surface area contributed by atoms with E-state index in [0.29, 0.717) is 17.9 Å². The summed E-state index contributed by atoms with van der Waals surface area (Å²) >= 11 is 5.87. The monoisotopic (exact) mass is 505 g/mol. The number of fused-ring (bicyclic) bond motifs is 1. The van der Waals surface area contributed by atoms with Gasteiger partial charge < -0.3 is 19.5 Å². The van der Waals surface area contributed by atoms with E-state index in [0.717, 1.165) is 5.56 Å². The van der Waals surface area contributed by atoms with Crippen LogP contribution in [0, 0.1) is 0 Å². The van der Waals surface area contributed by atoms with Gasteiger partial charge in [0.2, 0.25) is 0 Å². The zero-order valence-corrected chi connectivity index (χ0v) is 19.9. The van der Waals surface area contributed by atoms with Crippen molar-refractivity contribution in [3.63, 3.8) is 0 Å². The Bertz CT molecular complexity index is 1310. The third kappa shape index (κ3) is 3.93. The number of aromatic nitrogens is 1. The maximum absolute atomic E-state index is 13.1. The number of amides is 2. The van der Waals surface area contributed by atoms with Crippen molar-refractivity contribution >= 4 is 33.3 Å². The molecule has 11 heteroatoms. The topological polar surface area (TPSA) is 115 Å². The molecule has 180 valence electrons. The molecule has 2 fully saturated rings. The normalized spacial score (nSPS) is 19.3. The number of benzene rings is 1. The number of carbonyl (C=O) groups is 2. The zero-order valence-electron chi connectivity index (χ0n) is 18.3. The van der Waals surface area contributed by atoms with Crippen LogP contribution in [0.2, 0.25) is 5.02 Å². The Morgan fingerprint density at radius 3 is 2.41 bits per heavy atom. The van der Waals surface area contributed by atoms with E-state index in [4.69, 9.17) is 16.3 Å². The van der Waals surface area contributed by atoms with Gasteiger partial charge in [-0.3, -0.25) is 14.4 Å². The van der Waals surface area contributed by atoms with Crippen LogP contribution >= 0.6 is 11.6 Å². The van der Waals surface area contributed by atoms with Crippen LogP contribution in [0.1, 0.15) is 39.3 Å². The third-order valence-corrected chi connectivity index (χ3v) is 9.97. The standard InChI is InChI=1S/C23H24ClN3O6S/c24-16-3-1-15(2-4-16)11-25-20(28)18-5-6-19-22(30)26(9-10-27(19)21(18)29)14-23(7-8-23)34(31,32)17-12-33-13-17/h1-6,17H,7-14H2,(H,25,28). The highest BCUT2D eigenvalue weighted by Gasteiger charge is 2.59. The first kappa shape index (κ1) is 23.1. The van der Waals surface area contributed by atoms with Crippen LogP contribution in [-0.4, -0.2) is 66.0 Å². The smallest absolute Gasteiger partial charge is 0.270 e. The molecule has 0 bridgehead atoms. The summed E-state index contributed by atoms with van der Waals surface area (Å²) < 4.78 is 31.3. The van der Waals surface area contributed by atoms with Gasteiger partial charge in [-0.1, -0.05) is 23.7 Å². The van der Waals surface area contributed by atoms with Gasteiger partial charge in [0, 0.05) is 31.2 Å². The molecule has 3 heterocycles. The second-order valence-electron chi connectivity index (χ2n) is 9.01. The summed E-state index contributed by atoms with van der Waals surface area (Å²) in [6.45, 7) is 1.16. The molecule has 1 saturated heterocycles. The molecule has 1 aromatic heterocycles. The van der Waals surface area contributed by atoms with Gasteiger partial charge in [-0.25, -0.2) is 8.42 Å². The van der Waals surface area contributed by atoms with Crippen LogP contribution in [0.3, 0.4) is 0 Å². The zero-order chi connectivity index (χ0) is 24.1. The molecular weight excluding hydrogens is 482 g/mol. The van der Waals surface area contributed by atoms with Crippen molar-refractivity contribution in [2.75, 3.05) is 26.3 Å². The Hall–Kier alpha value is -2.69. The summed E-state index contributed by atoms with van der Waals surface area (Å²) in [5, 5.41) is 2.80. The van der Waals surface area contributed by atoms with E-state index in [1.54, 1.807) is 24.3 Å². The van der Waals surface area contributed by atoms with Crippen LogP contribution in [0.15, 0.2) is 41.2 Å². The van der Waals surface area contributed by atoms with E-state index in [1.165, 1.54) is 21.6 Å². The SMILES string of the molecule is O=C(NCc1ccc(Cl)cc1)c1ccc2n(c1=O)CCN(CC1(S(=O)(=O)C3COC3)CC1)C2=O. The second kappa shape index (κ2) is 8.51. The summed E-state index contributed by atoms with van der Waals surface area (Å²) in [5.74, 6) is -0.932. The number of nitrogens with zero attached hydrogens (tertiary/aromatic N) is 2. The summed E-state index contributed by atoms with van der Waals surface area (Å²) in [4.78, 5) is 40.2. The highest BCUT2D eigenvalue weighted by atomic mass is 35.5.